The molecule has 1 aromatic carbocycles. The van der Waals surface area contributed by atoms with Crippen LogP contribution in [0.15, 0.2) is 27.8 Å². The topological polar surface area (TPSA) is 83.5 Å². The molecule has 2 rings (SSSR count). The lowest BCUT2D eigenvalue weighted by Crippen LogP contribution is -2.13. The second-order valence-corrected chi connectivity index (χ2v) is 7.66. The van der Waals surface area contributed by atoms with E-state index in [1.165, 1.54) is 5.38 Å². The Balaban J connectivity index is 2.40. The molecule has 1 aromatic heterocycles. The average molecular weight is 325 g/mol. The van der Waals surface area contributed by atoms with Gasteiger partial charge in [0.25, 0.3) is 10.0 Å². The third-order valence-electron chi connectivity index (χ3n) is 3.00. The van der Waals surface area contributed by atoms with Crippen molar-refractivity contribution in [2.45, 2.75) is 25.0 Å². The van der Waals surface area contributed by atoms with Crippen molar-refractivity contribution in [3.63, 3.8) is 0 Å². The van der Waals surface area contributed by atoms with Gasteiger partial charge in [-0.25, -0.2) is 13.2 Å². The van der Waals surface area contributed by atoms with Gasteiger partial charge in [-0.15, -0.1) is 11.3 Å². The van der Waals surface area contributed by atoms with Crippen LogP contribution in [0.25, 0.3) is 0 Å². The van der Waals surface area contributed by atoms with Gasteiger partial charge in [0.1, 0.15) is 4.21 Å². The molecule has 112 valence electrons. The Morgan fingerprint density at radius 3 is 2.19 bits per heavy atom. The van der Waals surface area contributed by atoms with Crippen molar-refractivity contribution < 1.29 is 18.3 Å². The smallest absolute Gasteiger partial charge is 0.336 e. The molecule has 1 heterocycles. The Labute approximate surface area is 127 Å². The van der Waals surface area contributed by atoms with Crippen molar-refractivity contribution in [1.29, 1.82) is 0 Å². The number of rotatable bonds is 4. The number of anilines is 1. The fourth-order valence-corrected chi connectivity index (χ4v) is 4.45. The maximum absolute atomic E-state index is 12.3. The van der Waals surface area contributed by atoms with Crippen LogP contribution in [0, 0.1) is 20.8 Å². The maximum Gasteiger partial charge on any atom is 0.336 e. The molecule has 5 nitrogen and oxygen atoms in total. The summed E-state index contributed by atoms with van der Waals surface area (Å²) in [5.74, 6) is -1.14. The van der Waals surface area contributed by atoms with Crippen LogP contribution in [0.2, 0.25) is 0 Å². The Hall–Kier alpha value is -1.86. The lowest BCUT2D eigenvalue weighted by Gasteiger charge is -2.13. The number of aryl methyl sites for hydroxylation is 3. The molecule has 0 aliphatic rings. The summed E-state index contributed by atoms with van der Waals surface area (Å²) in [6.45, 7) is 5.60. The molecule has 0 aliphatic carbocycles. The Kier molecular flexibility index (Phi) is 4.06. The molecule has 0 bridgehead atoms. The van der Waals surface area contributed by atoms with Crippen molar-refractivity contribution in [3.8, 4) is 0 Å². The monoisotopic (exact) mass is 325 g/mol. The number of aromatic carboxylic acids is 1. The summed E-state index contributed by atoms with van der Waals surface area (Å²) in [6, 6.07) is 4.94. The third kappa shape index (κ3) is 3.25. The fourth-order valence-electron chi connectivity index (χ4n) is 2.10. The lowest BCUT2D eigenvalue weighted by molar-refractivity contribution is 0.0697. The highest BCUT2D eigenvalue weighted by atomic mass is 32.2. The number of hydrogen-bond acceptors (Lipinski definition) is 4. The van der Waals surface area contributed by atoms with Crippen molar-refractivity contribution in [2.75, 3.05) is 4.72 Å². The van der Waals surface area contributed by atoms with Crippen LogP contribution in [0.5, 0.6) is 0 Å². The predicted octanol–water partition coefficient (Wildman–Crippen LogP) is 3.17. The van der Waals surface area contributed by atoms with Gasteiger partial charge >= 0.3 is 5.97 Å². The van der Waals surface area contributed by atoms with E-state index in [0.29, 0.717) is 5.69 Å². The van der Waals surface area contributed by atoms with Gasteiger partial charge in [-0.1, -0.05) is 17.7 Å². The molecule has 0 radical (unpaired) electrons. The molecule has 0 atom stereocenters. The van der Waals surface area contributed by atoms with Crippen molar-refractivity contribution in [3.05, 3.63) is 45.8 Å². The predicted molar refractivity (Wildman–Crippen MR) is 82.7 cm³/mol. The molecule has 0 spiro atoms. The molecule has 7 heteroatoms. The zero-order valence-corrected chi connectivity index (χ0v) is 13.4. The van der Waals surface area contributed by atoms with Gasteiger partial charge in [0, 0.05) is 5.38 Å². The number of carboxylic acids is 1. The standard InChI is InChI=1S/C14H15NO4S2/c1-8-4-9(2)13(10(3)5-8)15-21(18,19)12-6-11(7-20-12)14(16)17/h4-7,15H,1-3H3,(H,16,17). The number of sulfonamides is 1. The van der Waals surface area contributed by atoms with E-state index in [4.69, 9.17) is 5.11 Å². The molecule has 2 N–H and O–H groups in total. The van der Waals surface area contributed by atoms with E-state index in [0.717, 1.165) is 34.1 Å². The molecule has 0 fully saturated rings. The minimum absolute atomic E-state index is 0.0146. The van der Waals surface area contributed by atoms with E-state index < -0.39 is 16.0 Å². The van der Waals surface area contributed by atoms with E-state index in [2.05, 4.69) is 4.72 Å². The first-order valence-electron chi connectivity index (χ1n) is 6.13. The molecule has 0 amide bonds. The number of hydrogen-bond donors (Lipinski definition) is 2. The van der Waals surface area contributed by atoms with E-state index in [1.807, 2.05) is 32.9 Å². The van der Waals surface area contributed by atoms with Crippen LogP contribution in [-0.2, 0) is 10.0 Å². The fraction of sp³-hybridized carbons (Fsp3) is 0.214. The van der Waals surface area contributed by atoms with Gasteiger partial charge in [-0.3, -0.25) is 4.72 Å². The minimum atomic E-state index is -3.78. The van der Waals surface area contributed by atoms with Gasteiger partial charge in [-0.2, -0.15) is 0 Å². The summed E-state index contributed by atoms with van der Waals surface area (Å²) >= 11 is 0.888. The Morgan fingerprint density at radius 2 is 1.71 bits per heavy atom. The van der Waals surface area contributed by atoms with Gasteiger partial charge in [0.2, 0.25) is 0 Å². The van der Waals surface area contributed by atoms with Crippen molar-refractivity contribution in [2.24, 2.45) is 0 Å². The SMILES string of the molecule is Cc1cc(C)c(NS(=O)(=O)c2cc(C(=O)O)cs2)c(C)c1. The third-order valence-corrected chi connectivity index (χ3v) is 5.79. The van der Waals surface area contributed by atoms with E-state index >= 15 is 0 Å². The van der Waals surface area contributed by atoms with Gasteiger partial charge < -0.3 is 5.11 Å². The van der Waals surface area contributed by atoms with Crippen LogP contribution in [0.4, 0.5) is 5.69 Å². The van der Waals surface area contributed by atoms with Crippen molar-refractivity contribution in [1.82, 2.24) is 0 Å². The van der Waals surface area contributed by atoms with E-state index in [-0.39, 0.29) is 9.77 Å². The van der Waals surface area contributed by atoms with Crippen LogP contribution in [0.3, 0.4) is 0 Å². The van der Waals surface area contributed by atoms with Crippen molar-refractivity contribution >= 4 is 33.0 Å². The molecule has 0 unspecified atom stereocenters. The first-order valence-corrected chi connectivity index (χ1v) is 8.49. The van der Waals surface area contributed by atoms with E-state index in [1.54, 1.807) is 0 Å². The highest BCUT2D eigenvalue weighted by Crippen LogP contribution is 2.27. The van der Waals surface area contributed by atoms with Gasteiger partial charge in [0.05, 0.1) is 11.3 Å². The first-order chi connectivity index (χ1) is 9.70. The van der Waals surface area contributed by atoms with Gasteiger partial charge in [-0.05, 0) is 38.0 Å². The molecule has 0 saturated heterocycles. The Bertz CT molecular complexity index is 783. The molecular formula is C14H15NO4S2. The Morgan fingerprint density at radius 1 is 1.14 bits per heavy atom. The normalized spacial score (nSPS) is 11.4. The highest BCUT2D eigenvalue weighted by Gasteiger charge is 2.20. The number of carbonyl (C=O) groups is 1. The molecular weight excluding hydrogens is 310 g/mol. The number of carboxylic acid groups (broad SMARTS) is 1. The summed E-state index contributed by atoms with van der Waals surface area (Å²) in [4.78, 5) is 10.8. The molecule has 0 saturated carbocycles. The zero-order valence-electron chi connectivity index (χ0n) is 11.8. The summed E-state index contributed by atoms with van der Waals surface area (Å²) in [6.07, 6.45) is 0. The summed E-state index contributed by atoms with van der Waals surface area (Å²) < 4.78 is 27.2. The minimum Gasteiger partial charge on any atom is -0.478 e. The quantitative estimate of drug-likeness (QED) is 0.904. The van der Waals surface area contributed by atoms with E-state index in [9.17, 15) is 13.2 Å². The largest absolute Gasteiger partial charge is 0.478 e. The van der Waals surface area contributed by atoms with Gasteiger partial charge in [0.15, 0.2) is 0 Å². The highest BCUT2D eigenvalue weighted by molar-refractivity contribution is 7.94. The molecule has 21 heavy (non-hydrogen) atoms. The summed E-state index contributed by atoms with van der Waals surface area (Å²) in [5.41, 5.74) is 3.21. The average Bonchev–Trinajstić information content (AvgIpc) is 2.84. The van der Waals surface area contributed by atoms with Crippen LogP contribution < -0.4 is 4.72 Å². The number of benzene rings is 1. The maximum atomic E-state index is 12.3. The second kappa shape index (κ2) is 5.50. The van der Waals surface area contributed by atoms with Crippen LogP contribution in [-0.4, -0.2) is 19.5 Å². The number of thiophene rings is 1. The summed E-state index contributed by atoms with van der Waals surface area (Å²) in [7, 11) is -3.78. The zero-order chi connectivity index (χ0) is 15.8. The van der Waals surface area contributed by atoms with Crippen LogP contribution in [0.1, 0.15) is 27.0 Å². The molecule has 2 aromatic rings. The summed E-state index contributed by atoms with van der Waals surface area (Å²) in [5, 5.41) is 10.2. The van der Waals surface area contributed by atoms with Crippen LogP contribution >= 0.6 is 11.3 Å². The number of nitrogens with one attached hydrogen (secondary N) is 1. The second-order valence-electron chi connectivity index (χ2n) is 4.84. The first kappa shape index (κ1) is 15.5. The molecule has 0 aliphatic heterocycles. The lowest BCUT2D eigenvalue weighted by atomic mass is 10.1.